The van der Waals surface area contributed by atoms with E-state index in [0.29, 0.717) is 10.7 Å². The number of nitrogens with zero attached hydrogens (tertiary/aromatic N) is 3. The Kier molecular flexibility index (Phi) is 3.28. The molecule has 0 atom stereocenters. The van der Waals surface area contributed by atoms with Crippen LogP contribution >= 0.6 is 11.6 Å². The Labute approximate surface area is 115 Å². The minimum Gasteiger partial charge on any atom is -0.382 e. The molecule has 2 aromatic rings. The minimum atomic E-state index is 0.0387. The van der Waals surface area contributed by atoms with Crippen molar-refractivity contribution in [3.8, 4) is 17.3 Å². The van der Waals surface area contributed by atoms with Gasteiger partial charge in [-0.1, -0.05) is 11.6 Å². The van der Waals surface area contributed by atoms with Gasteiger partial charge in [-0.25, -0.2) is 4.98 Å². The van der Waals surface area contributed by atoms with Crippen LogP contribution in [0.2, 0.25) is 5.02 Å². The maximum atomic E-state index is 9.17. The lowest BCUT2D eigenvalue weighted by Crippen LogP contribution is -2.05. The molecule has 1 aromatic carbocycles. The first-order valence-electron chi connectivity index (χ1n) is 5.54. The van der Waals surface area contributed by atoms with Gasteiger partial charge in [-0.05, 0) is 37.1 Å². The van der Waals surface area contributed by atoms with Gasteiger partial charge in [-0.3, -0.25) is 0 Å². The Morgan fingerprint density at radius 1 is 1.16 bits per heavy atom. The summed E-state index contributed by atoms with van der Waals surface area (Å²) in [6.45, 7) is 3.78. The van der Waals surface area contributed by atoms with E-state index in [2.05, 4.69) is 9.97 Å². The first-order valence-corrected chi connectivity index (χ1v) is 5.92. The summed E-state index contributed by atoms with van der Waals surface area (Å²) in [5.74, 6) is 0.118. The third-order valence-electron chi connectivity index (χ3n) is 2.78. The largest absolute Gasteiger partial charge is 0.382 e. The van der Waals surface area contributed by atoms with Gasteiger partial charge in [0.05, 0.1) is 5.69 Å². The quantitative estimate of drug-likeness (QED) is 0.831. The molecule has 0 unspecified atom stereocenters. The molecular weight excluding hydrogens is 262 g/mol. The number of nitrogens with two attached hydrogens (primary N) is 2. The van der Waals surface area contributed by atoms with Crippen LogP contribution in [0, 0.1) is 25.2 Å². The van der Waals surface area contributed by atoms with Crippen LogP contribution < -0.4 is 11.5 Å². The number of nitriles is 1. The summed E-state index contributed by atoms with van der Waals surface area (Å²) in [7, 11) is 0. The topological polar surface area (TPSA) is 102 Å². The van der Waals surface area contributed by atoms with Crippen molar-refractivity contribution in [1.82, 2.24) is 9.97 Å². The molecule has 0 aliphatic heterocycles. The van der Waals surface area contributed by atoms with Crippen LogP contribution in [0.4, 0.5) is 11.8 Å². The van der Waals surface area contributed by atoms with E-state index in [1.54, 1.807) is 0 Å². The Morgan fingerprint density at radius 3 is 2.26 bits per heavy atom. The van der Waals surface area contributed by atoms with Crippen molar-refractivity contribution in [2.75, 3.05) is 11.5 Å². The lowest BCUT2D eigenvalue weighted by atomic mass is 10.0. The standard InChI is InChI=1S/C13H12ClN5/c1-6-3-8(4-7(2)10(6)14)11-9(5-15)12(16)19-13(17)18-11/h3-4H,1-2H3,(H4,16,17,18,19). The lowest BCUT2D eigenvalue weighted by molar-refractivity contribution is 1.18. The Balaban J connectivity index is 2.76. The maximum Gasteiger partial charge on any atom is 0.222 e. The molecule has 0 amide bonds. The van der Waals surface area contributed by atoms with Gasteiger partial charge < -0.3 is 11.5 Å². The zero-order valence-electron chi connectivity index (χ0n) is 10.5. The molecule has 19 heavy (non-hydrogen) atoms. The summed E-state index contributed by atoms with van der Waals surface area (Å²) in [5.41, 5.74) is 14.5. The van der Waals surface area contributed by atoms with Crippen LogP contribution in [-0.4, -0.2) is 9.97 Å². The van der Waals surface area contributed by atoms with Crippen molar-refractivity contribution in [3.05, 3.63) is 33.8 Å². The van der Waals surface area contributed by atoms with Crippen LogP contribution in [0.1, 0.15) is 16.7 Å². The maximum absolute atomic E-state index is 9.17. The number of aromatic nitrogens is 2. The molecule has 5 nitrogen and oxygen atoms in total. The van der Waals surface area contributed by atoms with Gasteiger partial charge in [0.25, 0.3) is 0 Å². The molecule has 0 saturated carbocycles. The Morgan fingerprint density at radius 2 is 1.74 bits per heavy atom. The average molecular weight is 274 g/mol. The van der Waals surface area contributed by atoms with Crippen LogP contribution in [-0.2, 0) is 0 Å². The van der Waals surface area contributed by atoms with Crippen molar-refractivity contribution in [2.24, 2.45) is 0 Å². The molecule has 1 aromatic heterocycles. The number of nitrogen functional groups attached to an aromatic ring is 2. The average Bonchev–Trinajstić information content (AvgIpc) is 2.34. The molecule has 0 radical (unpaired) electrons. The van der Waals surface area contributed by atoms with Crippen molar-refractivity contribution in [1.29, 1.82) is 5.26 Å². The van der Waals surface area contributed by atoms with Gasteiger partial charge in [0.1, 0.15) is 17.5 Å². The number of hydrogen-bond donors (Lipinski definition) is 2. The monoisotopic (exact) mass is 273 g/mol. The van der Waals surface area contributed by atoms with Crippen molar-refractivity contribution >= 4 is 23.4 Å². The van der Waals surface area contributed by atoms with Crippen LogP contribution in [0.25, 0.3) is 11.3 Å². The molecule has 4 N–H and O–H groups in total. The Bertz CT molecular complexity index is 680. The predicted octanol–water partition coefficient (Wildman–Crippen LogP) is 2.45. The Hall–Kier alpha value is -2.32. The summed E-state index contributed by atoms with van der Waals surface area (Å²) in [6.07, 6.45) is 0. The number of hydrogen-bond acceptors (Lipinski definition) is 5. The molecular formula is C13H12ClN5. The predicted molar refractivity (Wildman–Crippen MR) is 75.5 cm³/mol. The van der Waals surface area contributed by atoms with Crippen LogP contribution in [0.15, 0.2) is 12.1 Å². The minimum absolute atomic E-state index is 0.0387. The highest BCUT2D eigenvalue weighted by molar-refractivity contribution is 6.32. The van der Waals surface area contributed by atoms with Crippen molar-refractivity contribution in [2.45, 2.75) is 13.8 Å². The molecule has 6 heteroatoms. The smallest absolute Gasteiger partial charge is 0.222 e. The summed E-state index contributed by atoms with van der Waals surface area (Å²) in [4.78, 5) is 7.90. The van der Waals surface area contributed by atoms with Crippen molar-refractivity contribution < 1.29 is 0 Å². The molecule has 1 heterocycles. The van der Waals surface area contributed by atoms with E-state index >= 15 is 0 Å². The normalized spacial score (nSPS) is 10.2. The van der Waals surface area contributed by atoms with E-state index in [9.17, 15) is 0 Å². The van der Waals surface area contributed by atoms with E-state index in [0.717, 1.165) is 16.7 Å². The van der Waals surface area contributed by atoms with E-state index in [4.69, 9.17) is 28.3 Å². The molecule has 0 aliphatic carbocycles. The molecule has 96 valence electrons. The highest BCUT2D eigenvalue weighted by Crippen LogP contribution is 2.30. The van der Waals surface area contributed by atoms with Gasteiger partial charge in [-0.15, -0.1) is 0 Å². The number of benzene rings is 1. The fourth-order valence-electron chi connectivity index (χ4n) is 1.90. The first-order chi connectivity index (χ1) is 8.93. The van der Waals surface area contributed by atoms with E-state index in [1.807, 2.05) is 32.0 Å². The van der Waals surface area contributed by atoms with Crippen molar-refractivity contribution in [3.63, 3.8) is 0 Å². The number of anilines is 2. The zero-order valence-corrected chi connectivity index (χ0v) is 11.3. The van der Waals surface area contributed by atoms with Gasteiger partial charge in [-0.2, -0.15) is 10.2 Å². The third kappa shape index (κ3) is 2.30. The SMILES string of the molecule is Cc1cc(-c2nc(N)nc(N)c2C#N)cc(C)c1Cl. The second-order valence-electron chi connectivity index (χ2n) is 4.23. The van der Waals surface area contributed by atoms with Crippen LogP contribution in [0.5, 0.6) is 0 Å². The van der Waals surface area contributed by atoms with E-state index < -0.39 is 0 Å². The van der Waals surface area contributed by atoms with Crippen LogP contribution in [0.3, 0.4) is 0 Å². The third-order valence-corrected chi connectivity index (χ3v) is 3.37. The highest BCUT2D eigenvalue weighted by atomic mass is 35.5. The fraction of sp³-hybridized carbons (Fsp3) is 0.154. The molecule has 2 rings (SSSR count). The van der Waals surface area contributed by atoms with Gasteiger partial charge in [0, 0.05) is 10.6 Å². The lowest BCUT2D eigenvalue weighted by Gasteiger charge is -2.10. The molecule has 0 aliphatic rings. The van der Waals surface area contributed by atoms with Gasteiger partial charge in [0.15, 0.2) is 0 Å². The molecule has 0 spiro atoms. The van der Waals surface area contributed by atoms with E-state index in [-0.39, 0.29) is 17.3 Å². The number of rotatable bonds is 1. The number of halogens is 1. The summed E-state index contributed by atoms with van der Waals surface area (Å²) >= 11 is 6.13. The summed E-state index contributed by atoms with van der Waals surface area (Å²) < 4.78 is 0. The van der Waals surface area contributed by atoms with Gasteiger partial charge in [0.2, 0.25) is 5.95 Å². The van der Waals surface area contributed by atoms with E-state index in [1.165, 1.54) is 0 Å². The number of aryl methyl sites for hydroxylation is 2. The zero-order chi connectivity index (χ0) is 14.2. The highest BCUT2D eigenvalue weighted by Gasteiger charge is 2.14. The summed E-state index contributed by atoms with van der Waals surface area (Å²) in [5, 5.41) is 9.86. The van der Waals surface area contributed by atoms with Gasteiger partial charge >= 0.3 is 0 Å². The second kappa shape index (κ2) is 4.75. The second-order valence-corrected chi connectivity index (χ2v) is 4.60. The molecule has 0 bridgehead atoms. The first kappa shape index (κ1) is 13.1. The fourth-order valence-corrected chi connectivity index (χ4v) is 2.01. The summed E-state index contributed by atoms with van der Waals surface area (Å²) in [6, 6.07) is 5.69. The molecule has 0 fully saturated rings. The molecule has 0 saturated heterocycles.